The molecule has 6 nitrogen and oxygen atoms in total. The molecule has 0 radical (unpaired) electrons. The van der Waals surface area contributed by atoms with Crippen LogP contribution in [0.25, 0.3) is 33.1 Å². The number of benzene rings is 1. The molecule has 1 aromatic carbocycles. The van der Waals surface area contributed by atoms with Gasteiger partial charge in [0.2, 0.25) is 0 Å². The second kappa shape index (κ2) is 7.19. The fraction of sp³-hybridized carbons (Fsp3) is 0.261. The van der Waals surface area contributed by atoms with Crippen molar-refractivity contribution in [3.8, 4) is 17.2 Å². The first-order chi connectivity index (χ1) is 14.2. The third-order valence-electron chi connectivity index (χ3n) is 5.83. The summed E-state index contributed by atoms with van der Waals surface area (Å²) in [5.41, 5.74) is 5.60. The Labute approximate surface area is 169 Å². The Bertz CT molecular complexity index is 1210. The van der Waals surface area contributed by atoms with Gasteiger partial charge in [-0.05, 0) is 36.4 Å². The number of nitrogens with one attached hydrogen (secondary N) is 1. The molecular weight excluding hydrogens is 360 g/mol. The third kappa shape index (κ3) is 3.20. The summed E-state index contributed by atoms with van der Waals surface area (Å²) in [5.74, 6) is 0. The number of rotatable bonds is 3. The smallest absolute Gasteiger partial charge is 0.141 e. The Morgan fingerprint density at radius 2 is 1.76 bits per heavy atom. The van der Waals surface area contributed by atoms with E-state index >= 15 is 0 Å². The van der Waals surface area contributed by atoms with Crippen molar-refractivity contribution in [1.29, 1.82) is 5.26 Å². The number of likely N-dealkylation sites (N-methyl/N-ethyl adjacent to an activating group) is 1. The van der Waals surface area contributed by atoms with Crippen molar-refractivity contribution in [3.05, 3.63) is 54.5 Å². The number of anilines is 1. The van der Waals surface area contributed by atoms with E-state index in [0.717, 1.165) is 65.8 Å². The molecule has 0 atom stereocenters. The summed E-state index contributed by atoms with van der Waals surface area (Å²) in [7, 11) is 0. The topological polar surface area (TPSA) is 71.8 Å². The number of aromatic nitrogens is 3. The molecule has 0 amide bonds. The average molecular weight is 382 g/mol. The van der Waals surface area contributed by atoms with Crippen LogP contribution in [0.1, 0.15) is 12.6 Å². The van der Waals surface area contributed by atoms with E-state index in [-0.39, 0.29) is 0 Å². The molecule has 1 aliphatic heterocycles. The van der Waals surface area contributed by atoms with Crippen LogP contribution in [-0.2, 0) is 0 Å². The van der Waals surface area contributed by atoms with Crippen LogP contribution in [0.2, 0.25) is 0 Å². The monoisotopic (exact) mass is 382 g/mol. The summed E-state index contributed by atoms with van der Waals surface area (Å²) in [6, 6.07) is 14.8. The number of hydrogen-bond acceptors (Lipinski definition) is 5. The number of fused-ring (bicyclic) bond motifs is 3. The molecular formula is C23H22N6. The second-order valence-electron chi connectivity index (χ2n) is 7.44. The van der Waals surface area contributed by atoms with E-state index in [2.05, 4.69) is 68.1 Å². The van der Waals surface area contributed by atoms with Gasteiger partial charge in [-0.25, -0.2) is 9.97 Å². The Balaban J connectivity index is 1.46. The van der Waals surface area contributed by atoms with Crippen molar-refractivity contribution in [3.63, 3.8) is 0 Å². The van der Waals surface area contributed by atoms with E-state index in [0.29, 0.717) is 5.69 Å². The van der Waals surface area contributed by atoms with Crippen LogP contribution in [-0.4, -0.2) is 52.6 Å². The number of pyridine rings is 2. The van der Waals surface area contributed by atoms with Crippen molar-refractivity contribution in [2.24, 2.45) is 0 Å². The van der Waals surface area contributed by atoms with E-state index in [1.165, 1.54) is 5.69 Å². The molecule has 0 unspecified atom stereocenters. The number of hydrogen-bond donors (Lipinski definition) is 1. The Hall–Kier alpha value is -3.43. The SMILES string of the molecule is CCN1CCN(c2ccc(-c3cnc4[nH]c5cnc(C#N)cc5c4c3)cc2)CC1. The molecule has 0 bridgehead atoms. The highest BCUT2D eigenvalue weighted by Gasteiger charge is 2.16. The highest BCUT2D eigenvalue weighted by atomic mass is 15.3. The molecule has 1 fully saturated rings. The molecule has 1 aliphatic rings. The lowest BCUT2D eigenvalue weighted by atomic mass is 10.0. The van der Waals surface area contributed by atoms with E-state index in [1.807, 2.05) is 12.3 Å². The summed E-state index contributed by atoms with van der Waals surface area (Å²) in [5, 5.41) is 11.1. The maximum Gasteiger partial charge on any atom is 0.141 e. The summed E-state index contributed by atoms with van der Waals surface area (Å²) < 4.78 is 0. The molecule has 0 spiro atoms. The van der Waals surface area contributed by atoms with Crippen LogP contribution >= 0.6 is 0 Å². The summed E-state index contributed by atoms with van der Waals surface area (Å²) in [4.78, 5) is 16.9. The number of H-pyrrole nitrogens is 1. The summed E-state index contributed by atoms with van der Waals surface area (Å²) in [6.45, 7) is 7.75. The van der Waals surface area contributed by atoms with Crippen LogP contribution in [0.3, 0.4) is 0 Å². The molecule has 0 aliphatic carbocycles. The summed E-state index contributed by atoms with van der Waals surface area (Å²) >= 11 is 0. The van der Waals surface area contributed by atoms with E-state index in [4.69, 9.17) is 5.26 Å². The predicted molar refractivity (Wildman–Crippen MR) is 116 cm³/mol. The normalized spacial score (nSPS) is 15.1. The minimum Gasteiger partial charge on any atom is -0.369 e. The van der Waals surface area contributed by atoms with Crippen LogP contribution in [0.15, 0.2) is 48.8 Å². The first kappa shape index (κ1) is 17.7. The van der Waals surface area contributed by atoms with Gasteiger partial charge >= 0.3 is 0 Å². The lowest BCUT2D eigenvalue weighted by molar-refractivity contribution is 0.271. The van der Waals surface area contributed by atoms with E-state index in [1.54, 1.807) is 6.20 Å². The minimum atomic E-state index is 0.413. The van der Waals surface area contributed by atoms with Gasteiger partial charge in [0.25, 0.3) is 0 Å². The van der Waals surface area contributed by atoms with Crippen LogP contribution in [0, 0.1) is 11.3 Å². The second-order valence-corrected chi connectivity index (χ2v) is 7.44. The van der Waals surface area contributed by atoms with Crippen LogP contribution < -0.4 is 4.90 Å². The molecule has 6 heteroatoms. The molecule has 4 aromatic rings. The van der Waals surface area contributed by atoms with Crippen molar-refractivity contribution in [1.82, 2.24) is 19.9 Å². The number of nitriles is 1. The lowest BCUT2D eigenvalue weighted by Gasteiger charge is -2.35. The lowest BCUT2D eigenvalue weighted by Crippen LogP contribution is -2.46. The van der Waals surface area contributed by atoms with Crippen LogP contribution in [0.4, 0.5) is 5.69 Å². The molecule has 4 heterocycles. The molecule has 1 N–H and O–H groups in total. The zero-order valence-corrected chi connectivity index (χ0v) is 16.4. The highest BCUT2D eigenvalue weighted by Crippen LogP contribution is 2.29. The van der Waals surface area contributed by atoms with Gasteiger partial charge in [-0.15, -0.1) is 0 Å². The standard InChI is InChI=1S/C23H22N6/c1-2-28-7-9-29(10-8-28)19-5-3-16(4-6-19)17-11-21-20-12-18(13-24)25-15-22(20)27-23(21)26-14-17/h3-6,11-12,14-15H,2,7-10H2,1H3,(H,26,27). The fourth-order valence-electron chi connectivity index (χ4n) is 4.08. The maximum absolute atomic E-state index is 9.16. The molecule has 1 saturated heterocycles. The fourth-order valence-corrected chi connectivity index (χ4v) is 4.08. The van der Waals surface area contributed by atoms with Crippen molar-refractivity contribution in [2.75, 3.05) is 37.6 Å². The molecule has 3 aromatic heterocycles. The summed E-state index contributed by atoms with van der Waals surface area (Å²) in [6.07, 6.45) is 3.59. The first-order valence-electron chi connectivity index (χ1n) is 10.0. The van der Waals surface area contributed by atoms with Gasteiger partial charge in [0.05, 0.1) is 11.7 Å². The number of aromatic amines is 1. The van der Waals surface area contributed by atoms with Gasteiger partial charge in [-0.1, -0.05) is 19.1 Å². The molecule has 0 saturated carbocycles. The van der Waals surface area contributed by atoms with Gasteiger partial charge in [0.1, 0.15) is 17.4 Å². The van der Waals surface area contributed by atoms with Gasteiger partial charge in [-0.3, -0.25) is 0 Å². The first-order valence-corrected chi connectivity index (χ1v) is 10.0. The van der Waals surface area contributed by atoms with Crippen molar-refractivity contribution in [2.45, 2.75) is 6.92 Å². The maximum atomic E-state index is 9.16. The third-order valence-corrected chi connectivity index (χ3v) is 5.83. The van der Waals surface area contributed by atoms with Crippen LogP contribution in [0.5, 0.6) is 0 Å². The van der Waals surface area contributed by atoms with Gasteiger partial charge in [-0.2, -0.15) is 5.26 Å². The van der Waals surface area contributed by atoms with E-state index in [9.17, 15) is 0 Å². The Morgan fingerprint density at radius 3 is 2.48 bits per heavy atom. The Kier molecular flexibility index (Phi) is 4.38. The number of nitrogens with zero attached hydrogens (tertiary/aromatic N) is 5. The molecule has 5 rings (SSSR count). The van der Waals surface area contributed by atoms with Crippen molar-refractivity contribution < 1.29 is 0 Å². The minimum absolute atomic E-state index is 0.413. The molecule has 144 valence electrons. The highest BCUT2D eigenvalue weighted by molar-refractivity contribution is 6.07. The quantitative estimate of drug-likeness (QED) is 0.584. The van der Waals surface area contributed by atoms with Gasteiger partial charge in [0.15, 0.2) is 0 Å². The predicted octanol–water partition coefficient (Wildman–Crippen LogP) is 3.79. The van der Waals surface area contributed by atoms with Gasteiger partial charge < -0.3 is 14.8 Å². The Morgan fingerprint density at radius 1 is 0.966 bits per heavy atom. The van der Waals surface area contributed by atoms with Crippen molar-refractivity contribution >= 4 is 27.6 Å². The average Bonchev–Trinajstić information content (AvgIpc) is 3.16. The van der Waals surface area contributed by atoms with E-state index < -0.39 is 0 Å². The zero-order valence-electron chi connectivity index (χ0n) is 16.4. The number of piperazine rings is 1. The molecule has 29 heavy (non-hydrogen) atoms. The zero-order chi connectivity index (χ0) is 19.8. The largest absolute Gasteiger partial charge is 0.369 e. The van der Waals surface area contributed by atoms with Gasteiger partial charge in [0, 0.05) is 54.4 Å².